The topological polar surface area (TPSA) is 20.3 Å². The number of aldehydes is 1. The van der Waals surface area contributed by atoms with Crippen molar-refractivity contribution in [3.63, 3.8) is 0 Å². The maximum atomic E-state index is 11.2. The van der Waals surface area contributed by atoms with Crippen LogP contribution in [0.1, 0.15) is 31.6 Å². The second-order valence-electron chi connectivity index (χ2n) is 4.59. The quantitative estimate of drug-likeness (QED) is 0.710. The number of hydrogen-bond donors (Lipinski definition) is 0. The van der Waals surface area contributed by atoms with Gasteiger partial charge >= 0.3 is 0 Å². The van der Waals surface area contributed by atoms with Gasteiger partial charge in [0.05, 0.1) is 0 Å². The number of carbonyl (C=O) groups excluding carboxylic acids is 1. The molecule has 0 unspecified atom stereocenters. The van der Waals surface area contributed by atoms with Gasteiger partial charge in [-0.2, -0.15) is 0 Å². The number of thiophene rings is 1. The predicted octanol–water partition coefficient (Wildman–Crippen LogP) is 3.95. The average Bonchev–Trinajstić information content (AvgIpc) is 2.72. The zero-order valence-electron chi connectivity index (χ0n) is 10.7. The molecular weight excluding hydrogens is 298 g/mol. The number of hydrogen-bond acceptors (Lipinski definition) is 3. The molecule has 0 aliphatic heterocycles. The van der Waals surface area contributed by atoms with E-state index in [-0.39, 0.29) is 5.41 Å². The van der Waals surface area contributed by atoms with E-state index in [2.05, 4.69) is 53.2 Å². The molecule has 2 nitrogen and oxygen atoms in total. The smallest absolute Gasteiger partial charge is 0.127 e. The maximum absolute atomic E-state index is 11.2. The van der Waals surface area contributed by atoms with Gasteiger partial charge in [-0.15, -0.1) is 11.3 Å². The molecule has 0 aliphatic rings. The van der Waals surface area contributed by atoms with E-state index in [1.807, 2.05) is 0 Å². The molecule has 0 spiro atoms. The zero-order valence-corrected chi connectivity index (χ0v) is 13.1. The van der Waals surface area contributed by atoms with Gasteiger partial charge in [0.2, 0.25) is 0 Å². The van der Waals surface area contributed by atoms with Gasteiger partial charge in [-0.05, 0) is 41.9 Å². The Kier molecular flexibility index (Phi) is 5.83. The lowest BCUT2D eigenvalue weighted by Crippen LogP contribution is -2.35. The van der Waals surface area contributed by atoms with E-state index in [1.165, 1.54) is 4.88 Å². The summed E-state index contributed by atoms with van der Waals surface area (Å²) in [5, 5.41) is 2.09. The molecule has 0 saturated carbocycles. The average molecular weight is 318 g/mol. The first kappa shape index (κ1) is 14.9. The van der Waals surface area contributed by atoms with Crippen LogP contribution < -0.4 is 0 Å². The van der Waals surface area contributed by atoms with Gasteiger partial charge in [-0.1, -0.05) is 13.8 Å². The SMILES string of the molecule is CCC(C=O)(CC)CN(C)Cc1cc(Br)cs1. The van der Waals surface area contributed by atoms with Gasteiger partial charge in [0.15, 0.2) is 0 Å². The van der Waals surface area contributed by atoms with Crippen molar-refractivity contribution < 1.29 is 4.79 Å². The first-order valence-corrected chi connectivity index (χ1v) is 7.60. The third-order valence-corrected chi connectivity index (χ3v) is 4.97. The van der Waals surface area contributed by atoms with Crippen LogP contribution in [0.25, 0.3) is 0 Å². The fourth-order valence-corrected chi connectivity index (χ4v) is 3.50. The van der Waals surface area contributed by atoms with Crippen molar-refractivity contribution in [3.8, 4) is 0 Å². The van der Waals surface area contributed by atoms with Crippen LogP contribution >= 0.6 is 27.3 Å². The molecule has 17 heavy (non-hydrogen) atoms. The number of rotatable bonds is 7. The molecule has 1 heterocycles. The zero-order chi connectivity index (χ0) is 12.9. The van der Waals surface area contributed by atoms with Gasteiger partial charge in [0.1, 0.15) is 6.29 Å². The Labute approximate surface area is 116 Å². The highest BCUT2D eigenvalue weighted by Crippen LogP contribution is 2.26. The Balaban J connectivity index is 2.59. The number of halogens is 1. The molecule has 1 aromatic heterocycles. The third kappa shape index (κ3) is 4.19. The van der Waals surface area contributed by atoms with Gasteiger partial charge in [0.25, 0.3) is 0 Å². The fourth-order valence-electron chi connectivity index (χ4n) is 1.97. The highest BCUT2D eigenvalue weighted by atomic mass is 79.9. The highest BCUT2D eigenvalue weighted by Gasteiger charge is 2.27. The van der Waals surface area contributed by atoms with Gasteiger partial charge in [-0.3, -0.25) is 0 Å². The van der Waals surface area contributed by atoms with E-state index >= 15 is 0 Å². The van der Waals surface area contributed by atoms with Crippen LogP contribution in [-0.2, 0) is 11.3 Å². The van der Waals surface area contributed by atoms with Crippen LogP contribution in [0.15, 0.2) is 15.9 Å². The largest absolute Gasteiger partial charge is 0.303 e. The summed E-state index contributed by atoms with van der Waals surface area (Å²) in [6.07, 6.45) is 2.95. The third-order valence-electron chi connectivity index (χ3n) is 3.29. The molecule has 0 atom stereocenters. The van der Waals surface area contributed by atoms with Gasteiger partial charge in [-0.25, -0.2) is 0 Å². The summed E-state index contributed by atoms with van der Waals surface area (Å²) in [6, 6.07) is 2.14. The summed E-state index contributed by atoms with van der Waals surface area (Å²) in [7, 11) is 2.08. The molecule has 0 aliphatic carbocycles. The standard InChI is InChI=1S/C13H20BrNOS/c1-4-13(5-2,10-16)9-15(3)7-12-6-11(14)8-17-12/h6,8,10H,4-5,7,9H2,1-3H3. The van der Waals surface area contributed by atoms with Crippen LogP contribution in [0.5, 0.6) is 0 Å². The fraction of sp³-hybridized carbons (Fsp3) is 0.615. The molecule has 0 radical (unpaired) electrons. The molecule has 96 valence electrons. The Bertz CT molecular complexity index is 360. The molecular formula is C13H20BrNOS. The number of carbonyl (C=O) groups is 1. The summed E-state index contributed by atoms with van der Waals surface area (Å²) < 4.78 is 1.14. The second kappa shape index (κ2) is 6.66. The molecule has 1 rings (SSSR count). The highest BCUT2D eigenvalue weighted by molar-refractivity contribution is 9.10. The first-order chi connectivity index (χ1) is 8.05. The number of nitrogens with zero attached hydrogens (tertiary/aromatic N) is 1. The molecule has 0 aromatic carbocycles. The van der Waals surface area contributed by atoms with Crippen LogP contribution in [0.4, 0.5) is 0 Å². The summed E-state index contributed by atoms with van der Waals surface area (Å²) >= 11 is 5.21. The minimum atomic E-state index is -0.177. The molecule has 0 saturated heterocycles. The lowest BCUT2D eigenvalue weighted by molar-refractivity contribution is -0.117. The van der Waals surface area contributed by atoms with Gasteiger partial charge in [0, 0.05) is 33.2 Å². The van der Waals surface area contributed by atoms with E-state index in [1.54, 1.807) is 11.3 Å². The summed E-state index contributed by atoms with van der Waals surface area (Å²) in [4.78, 5) is 14.8. The van der Waals surface area contributed by atoms with E-state index in [0.717, 1.165) is 36.7 Å². The Morgan fingerprint density at radius 1 is 1.47 bits per heavy atom. The van der Waals surface area contributed by atoms with Crippen molar-refractivity contribution in [1.82, 2.24) is 4.90 Å². The monoisotopic (exact) mass is 317 g/mol. The Hall–Kier alpha value is -0.190. The van der Waals surface area contributed by atoms with Crippen molar-refractivity contribution in [2.24, 2.45) is 5.41 Å². The van der Waals surface area contributed by atoms with Crippen LogP contribution in [-0.4, -0.2) is 24.8 Å². The van der Waals surface area contributed by atoms with Crippen LogP contribution in [0.3, 0.4) is 0 Å². The van der Waals surface area contributed by atoms with Crippen molar-refractivity contribution >= 4 is 33.6 Å². The van der Waals surface area contributed by atoms with Crippen LogP contribution in [0.2, 0.25) is 0 Å². The van der Waals surface area contributed by atoms with Crippen molar-refractivity contribution in [3.05, 3.63) is 20.8 Å². The van der Waals surface area contributed by atoms with E-state index < -0.39 is 0 Å². The van der Waals surface area contributed by atoms with E-state index in [9.17, 15) is 4.79 Å². The van der Waals surface area contributed by atoms with Crippen molar-refractivity contribution in [2.75, 3.05) is 13.6 Å². The van der Waals surface area contributed by atoms with E-state index in [4.69, 9.17) is 0 Å². The van der Waals surface area contributed by atoms with Crippen molar-refractivity contribution in [1.29, 1.82) is 0 Å². The minimum Gasteiger partial charge on any atom is -0.303 e. The van der Waals surface area contributed by atoms with Gasteiger partial charge < -0.3 is 9.69 Å². The first-order valence-electron chi connectivity index (χ1n) is 5.93. The molecule has 0 fully saturated rings. The molecule has 0 N–H and O–H groups in total. The molecule has 0 bridgehead atoms. The Morgan fingerprint density at radius 3 is 2.53 bits per heavy atom. The van der Waals surface area contributed by atoms with Crippen LogP contribution in [0, 0.1) is 5.41 Å². The van der Waals surface area contributed by atoms with E-state index in [0.29, 0.717) is 0 Å². The Morgan fingerprint density at radius 2 is 2.12 bits per heavy atom. The minimum absolute atomic E-state index is 0.177. The molecule has 0 amide bonds. The second-order valence-corrected chi connectivity index (χ2v) is 6.50. The lowest BCUT2D eigenvalue weighted by atomic mass is 9.83. The van der Waals surface area contributed by atoms with Crippen molar-refractivity contribution in [2.45, 2.75) is 33.2 Å². The molecule has 4 heteroatoms. The lowest BCUT2D eigenvalue weighted by Gasteiger charge is -2.30. The predicted molar refractivity (Wildman–Crippen MR) is 77.4 cm³/mol. The summed E-state index contributed by atoms with van der Waals surface area (Å²) in [5.41, 5.74) is -0.177. The summed E-state index contributed by atoms with van der Waals surface area (Å²) in [5.74, 6) is 0. The molecule has 1 aromatic rings. The summed E-state index contributed by atoms with van der Waals surface area (Å²) in [6.45, 7) is 5.92. The normalized spacial score (nSPS) is 12.1. The maximum Gasteiger partial charge on any atom is 0.127 e.